The molecule has 1 saturated heterocycles. The van der Waals surface area contributed by atoms with Gasteiger partial charge in [0.05, 0.1) is 18.6 Å². The summed E-state index contributed by atoms with van der Waals surface area (Å²) >= 11 is 0. The third kappa shape index (κ3) is 11.4. The molecule has 1 heterocycles. The number of amides is 5. The van der Waals surface area contributed by atoms with Crippen molar-refractivity contribution in [2.45, 2.75) is 110 Å². The van der Waals surface area contributed by atoms with Crippen LogP contribution in [0.5, 0.6) is 0 Å². The molecule has 3 rings (SSSR count). The van der Waals surface area contributed by atoms with Crippen molar-refractivity contribution in [2.75, 3.05) is 20.1 Å². The van der Waals surface area contributed by atoms with E-state index in [1.54, 1.807) is 45.0 Å². The van der Waals surface area contributed by atoms with Crippen LogP contribution in [0.2, 0.25) is 0 Å². The molecule has 270 valence electrons. The van der Waals surface area contributed by atoms with E-state index in [1.807, 2.05) is 31.7 Å². The standard InChI is InChI=1S/C37H56N6O6/c1-10-37(7,8)31(42-35(48)49-36(4,5)6)24(3)43-20-14-17-28(43)33(46)40-27(21-25-18-19-25)23(2)32(45)39-22-29(44)41-30(34(47)38-9)26-15-12-11-13-16-26/h11-13,15-16,25,27-28,30-31H,2-3,10,14,17-22H2,1,4-9H3,(H,38,47)(H,39,45)(H,40,46)(H,41,44)(H,42,48). The van der Waals surface area contributed by atoms with Crippen molar-refractivity contribution in [2.24, 2.45) is 11.3 Å². The minimum Gasteiger partial charge on any atom is -0.444 e. The number of rotatable bonds is 16. The van der Waals surface area contributed by atoms with Crippen molar-refractivity contribution in [1.29, 1.82) is 0 Å². The highest BCUT2D eigenvalue weighted by Gasteiger charge is 2.41. The summed E-state index contributed by atoms with van der Waals surface area (Å²) in [4.78, 5) is 67.2. The van der Waals surface area contributed by atoms with Crippen LogP contribution in [0, 0.1) is 11.3 Å². The fourth-order valence-electron chi connectivity index (χ4n) is 5.89. The first-order chi connectivity index (χ1) is 23.0. The minimum atomic E-state index is -0.924. The van der Waals surface area contributed by atoms with E-state index in [0.29, 0.717) is 36.6 Å². The number of carbonyl (C=O) groups excluding carboxylic acids is 5. The van der Waals surface area contributed by atoms with Gasteiger partial charge in [-0.3, -0.25) is 19.2 Å². The lowest BCUT2D eigenvalue weighted by Crippen LogP contribution is -2.54. The molecule has 5 N–H and O–H groups in total. The van der Waals surface area contributed by atoms with E-state index in [4.69, 9.17) is 4.74 Å². The van der Waals surface area contributed by atoms with Gasteiger partial charge in [0, 0.05) is 24.9 Å². The summed E-state index contributed by atoms with van der Waals surface area (Å²) in [6.07, 6.45) is 4.08. The average molecular weight is 681 g/mol. The van der Waals surface area contributed by atoms with E-state index in [0.717, 1.165) is 25.7 Å². The number of nitrogens with zero attached hydrogens (tertiary/aromatic N) is 1. The Labute approximate surface area is 291 Å². The summed E-state index contributed by atoms with van der Waals surface area (Å²) in [5.74, 6) is -1.39. The lowest BCUT2D eigenvalue weighted by atomic mass is 9.80. The van der Waals surface area contributed by atoms with Crippen LogP contribution in [-0.2, 0) is 23.9 Å². The van der Waals surface area contributed by atoms with Crippen LogP contribution in [0.15, 0.2) is 54.8 Å². The molecule has 4 atom stereocenters. The van der Waals surface area contributed by atoms with Crippen LogP contribution in [0.25, 0.3) is 0 Å². The highest BCUT2D eigenvalue weighted by atomic mass is 16.6. The Morgan fingerprint density at radius 3 is 2.18 bits per heavy atom. The van der Waals surface area contributed by atoms with E-state index in [9.17, 15) is 24.0 Å². The van der Waals surface area contributed by atoms with Crippen LogP contribution in [0.1, 0.15) is 91.7 Å². The molecule has 2 fully saturated rings. The van der Waals surface area contributed by atoms with Crippen LogP contribution in [0.3, 0.4) is 0 Å². The first kappa shape index (κ1) is 39.1. The van der Waals surface area contributed by atoms with Crippen LogP contribution in [-0.4, -0.2) is 78.5 Å². The van der Waals surface area contributed by atoms with Gasteiger partial charge in [0.15, 0.2) is 0 Å². The summed E-state index contributed by atoms with van der Waals surface area (Å²) in [5, 5.41) is 13.9. The quantitative estimate of drug-likeness (QED) is 0.166. The van der Waals surface area contributed by atoms with Gasteiger partial charge in [0.1, 0.15) is 17.7 Å². The van der Waals surface area contributed by atoms with Gasteiger partial charge in [-0.25, -0.2) is 4.79 Å². The fraction of sp³-hybridized carbons (Fsp3) is 0.595. The van der Waals surface area contributed by atoms with Gasteiger partial charge in [-0.1, -0.05) is 77.1 Å². The molecular formula is C37H56N6O6. The Balaban J connectivity index is 1.67. The maximum atomic E-state index is 13.9. The van der Waals surface area contributed by atoms with Crippen molar-refractivity contribution in [1.82, 2.24) is 31.5 Å². The Morgan fingerprint density at radius 1 is 0.959 bits per heavy atom. The molecule has 1 aliphatic heterocycles. The molecule has 0 bridgehead atoms. The number of ether oxygens (including phenoxy) is 1. The molecule has 1 aromatic carbocycles. The summed E-state index contributed by atoms with van der Waals surface area (Å²) in [7, 11) is 1.48. The Kier molecular flexibility index (Phi) is 13.4. The number of nitrogens with one attached hydrogen (secondary N) is 5. The molecular weight excluding hydrogens is 624 g/mol. The predicted molar refractivity (Wildman–Crippen MR) is 189 cm³/mol. The summed E-state index contributed by atoms with van der Waals surface area (Å²) < 4.78 is 5.55. The molecule has 0 spiro atoms. The van der Waals surface area contributed by atoms with Gasteiger partial charge in [-0.15, -0.1) is 0 Å². The second-order valence-corrected chi connectivity index (χ2v) is 14.7. The predicted octanol–water partition coefficient (Wildman–Crippen LogP) is 3.85. The number of likely N-dealkylation sites (N-methyl/N-ethyl adjacent to an activating group) is 1. The van der Waals surface area contributed by atoms with Crippen molar-refractivity contribution in [3.63, 3.8) is 0 Å². The van der Waals surface area contributed by atoms with E-state index in [-0.39, 0.29) is 23.4 Å². The van der Waals surface area contributed by atoms with Gasteiger partial charge in [-0.05, 0) is 63.4 Å². The lowest BCUT2D eigenvalue weighted by molar-refractivity contribution is -0.129. The van der Waals surface area contributed by atoms with E-state index in [1.165, 1.54) is 7.05 Å². The van der Waals surface area contributed by atoms with Gasteiger partial charge in [0.25, 0.3) is 0 Å². The monoisotopic (exact) mass is 680 g/mol. The SMILES string of the molecule is C=C(C(=O)NCC(=O)NC(C(=O)NC)c1ccccc1)C(CC1CC1)NC(=O)C1CCCN1C(=C)C(NC(=O)OC(C)(C)C)C(C)(C)CC. The zero-order chi connectivity index (χ0) is 36.5. The van der Waals surface area contributed by atoms with E-state index in [2.05, 4.69) is 39.7 Å². The normalized spacial score (nSPS) is 17.9. The van der Waals surface area contributed by atoms with Gasteiger partial charge in [-0.2, -0.15) is 0 Å². The fourth-order valence-corrected chi connectivity index (χ4v) is 5.89. The van der Waals surface area contributed by atoms with E-state index >= 15 is 0 Å². The highest BCUT2D eigenvalue weighted by molar-refractivity contribution is 5.98. The summed E-state index contributed by atoms with van der Waals surface area (Å²) in [6, 6.07) is 6.21. The van der Waals surface area contributed by atoms with Crippen LogP contribution in [0.4, 0.5) is 4.79 Å². The lowest BCUT2D eigenvalue weighted by Gasteiger charge is -2.41. The van der Waals surface area contributed by atoms with Crippen molar-refractivity contribution < 1.29 is 28.7 Å². The highest BCUT2D eigenvalue weighted by Crippen LogP contribution is 2.36. The number of hydrogen-bond acceptors (Lipinski definition) is 7. The molecule has 0 aromatic heterocycles. The Bertz CT molecular complexity index is 1380. The molecule has 1 aromatic rings. The maximum absolute atomic E-state index is 13.9. The van der Waals surface area contributed by atoms with Crippen LogP contribution < -0.4 is 26.6 Å². The Hall–Kier alpha value is -4.35. The van der Waals surface area contributed by atoms with Gasteiger partial charge in [0.2, 0.25) is 23.6 Å². The van der Waals surface area contributed by atoms with Crippen LogP contribution >= 0.6 is 0 Å². The molecule has 1 saturated carbocycles. The number of hydrogen-bond donors (Lipinski definition) is 5. The zero-order valence-electron chi connectivity index (χ0n) is 30.2. The number of benzene rings is 1. The third-order valence-electron chi connectivity index (χ3n) is 9.26. The van der Waals surface area contributed by atoms with Crippen molar-refractivity contribution in [3.05, 3.63) is 60.3 Å². The van der Waals surface area contributed by atoms with E-state index < -0.39 is 53.6 Å². The largest absolute Gasteiger partial charge is 0.444 e. The molecule has 2 aliphatic rings. The molecule has 12 nitrogen and oxygen atoms in total. The average Bonchev–Trinajstić information content (AvgIpc) is 3.73. The van der Waals surface area contributed by atoms with Crippen molar-refractivity contribution >= 4 is 29.7 Å². The first-order valence-electron chi connectivity index (χ1n) is 17.3. The summed E-state index contributed by atoms with van der Waals surface area (Å²) in [6.45, 7) is 20.1. The molecule has 49 heavy (non-hydrogen) atoms. The first-order valence-corrected chi connectivity index (χ1v) is 17.3. The zero-order valence-corrected chi connectivity index (χ0v) is 30.2. The number of likely N-dealkylation sites (tertiary alicyclic amines) is 1. The molecule has 4 unspecified atom stereocenters. The molecule has 5 amide bonds. The van der Waals surface area contributed by atoms with Gasteiger partial charge >= 0.3 is 6.09 Å². The maximum Gasteiger partial charge on any atom is 0.408 e. The second-order valence-electron chi connectivity index (χ2n) is 14.7. The van der Waals surface area contributed by atoms with Crippen molar-refractivity contribution in [3.8, 4) is 0 Å². The minimum absolute atomic E-state index is 0.152. The topological polar surface area (TPSA) is 158 Å². The molecule has 1 aliphatic carbocycles. The smallest absolute Gasteiger partial charge is 0.408 e. The third-order valence-corrected chi connectivity index (χ3v) is 9.26. The molecule has 0 radical (unpaired) electrons. The number of carbonyl (C=O) groups is 5. The number of alkyl carbamates (subject to hydrolysis) is 1. The second kappa shape index (κ2) is 16.8. The Morgan fingerprint density at radius 2 is 1.61 bits per heavy atom. The van der Waals surface area contributed by atoms with Gasteiger partial charge < -0.3 is 36.2 Å². The molecule has 12 heteroatoms. The summed E-state index contributed by atoms with van der Waals surface area (Å²) in [5.41, 5.74) is 0.327.